The van der Waals surface area contributed by atoms with Crippen molar-refractivity contribution >= 4 is 11.9 Å². The highest BCUT2D eigenvalue weighted by atomic mass is 19.1. The first-order valence-electron chi connectivity index (χ1n) is 6.66. The number of hydrogen-bond acceptors (Lipinski definition) is 4. The van der Waals surface area contributed by atoms with E-state index in [1.165, 1.54) is 11.0 Å². The minimum absolute atomic E-state index is 0.0450. The van der Waals surface area contributed by atoms with Crippen LogP contribution in [0, 0.1) is 11.6 Å². The van der Waals surface area contributed by atoms with Crippen molar-refractivity contribution in [2.45, 2.75) is 6.54 Å². The smallest absolute Gasteiger partial charge is 0.258 e. The fourth-order valence-electron chi connectivity index (χ4n) is 1.97. The van der Waals surface area contributed by atoms with Crippen molar-refractivity contribution < 1.29 is 13.6 Å². The molecule has 0 atom stereocenters. The lowest BCUT2D eigenvalue weighted by atomic mass is 10.2. The molecule has 0 saturated heterocycles. The third-order valence-corrected chi connectivity index (χ3v) is 2.95. The molecule has 23 heavy (non-hydrogen) atoms. The zero-order valence-electron chi connectivity index (χ0n) is 11.8. The van der Waals surface area contributed by atoms with Gasteiger partial charge in [0.15, 0.2) is 0 Å². The van der Waals surface area contributed by atoms with Gasteiger partial charge in [-0.3, -0.25) is 15.1 Å². The number of benzene rings is 1. The van der Waals surface area contributed by atoms with Crippen LogP contribution < -0.4 is 5.32 Å². The first-order valence-corrected chi connectivity index (χ1v) is 6.66. The second-order valence-electron chi connectivity index (χ2n) is 4.74. The Balaban J connectivity index is 1.70. The summed E-state index contributed by atoms with van der Waals surface area (Å²) in [6.45, 7) is 0.436. The number of rotatable bonds is 4. The summed E-state index contributed by atoms with van der Waals surface area (Å²) in [7, 11) is 0. The fraction of sp³-hybridized carbons (Fsp3) is 0.0667. The SMILES string of the molecule is O=C(Nc1ncn(Cc2cccnc2)n1)c1cc(F)cc(F)c1. The summed E-state index contributed by atoms with van der Waals surface area (Å²) in [6.07, 6.45) is 4.79. The van der Waals surface area contributed by atoms with Gasteiger partial charge in [0.25, 0.3) is 5.91 Å². The molecule has 0 saturated carbocycles. The maximum Gasteiger partial charge on any atom is 0.258 e. The van der Waals surface area contributed by atoms with Crippen molar-refractivity contribution in [2.75, 3.05) is 5.32 Å². The third kappa shape index (κ3) is 3.73. The second kappa shape index (κ2) is 6.30. The topological polar surface area (TPSA) is 72.7 Å². The van der Waals surface area contributed by atoms with E-state index in [2.05, 4.69) is 20.4 Å². The Morgan fingerprint density at radius 2 is 2.00 bits per heavy atom. The molecule has 1 N–H and O–H groups in total. The number of carbonyl (C=O) groups excluding carboxylic acids is 1. The molecule has 0 unspecified atom stereocenters. The summed E-state index contributed by atoms with van der Waals surface area (Å²) in [5, 5.41) is 6.46. The first kappa shape index (κ1) is 14.8. The maximum absolute atomic E-state index is 13.1. The molecule has 0 radical (unpaired) electrons. The van der Waals surface area contributed by atoms with Crippen molar-refractivity contribution in [1.29, 1.82) is 0 Å². The van der Waals surface area contributed by atoms with Crippen LogP contribution in [0.15, 0.2) is 49.1 Å². The molecular weight excluding hydrogens is 304 g/mol. The number of halogens is 2. The molecule has 0 aliphatic rings. The van der Waals surface area contributed by atoms with Gasteiger partial charge in [0.2, 0.25) is 5.95 Å². The Kier molecular flexibility index (Phi) is 4.05. The van der Waals surface area contributed by atoms with Crippen LogP contribution in [-0.2, 0) is 6.54 Å². The van der Waals surface area contributed by atoms with Crippen LogP contribution in [-0.4, -0.2) is 25.7 Å². The van der Waals surface area contributed by atoms with Gasteiger partial charge in [-0.05, 0) is 23.8 Å². The number of anilines is 1. The normalized spacial score (nSPS) is 10.5. The summed E-state index contributed by atoms with van der Waals surface area (Å²) in [5.74, 6) is -2.30. The highest BCUT2D eigenvalue weighted by Gasteiger charge is 2.12. The number of carbonyl (C=O) groups is 1. The Labute approximate surface area is 129 Å². The van der Waals surface area contributed by atoms with Crippen molar-refractivity contribution in [3.8, 4) is 0 Å². The molecule has 2 aromatic heterocycles. The molecule has 1 aromatic carbocycles. The van der Waals surface area contributed by atoms with Crippen molar-refractivity contribution in [2.24, 2.45) is 0 Å². The van der Waals surface area contributed by atoms with Crippen LogP contribution in [0.1, 0.15) is 15.9 Å². The minimum Gasteiger partial charge on any atom is -0.289 e. The van der Waals surface area contributed by atoms with Crippen LogP contribution in [0.3, 0.4) is 0 Å². The van der Waals surface area contributed by atoms with E-state index in [9.17, 15) is 13.6 Å². The van der Waals surface area contributed by atoms with Gasteiger partial charge in [-0.1, -0.05) is 6.07 Å². The standard InChI is InChI=1S/C15H11F2N5O/c16-12-4-11(5-13(17)6-12)14(23)20-15-19-9-22(21-15)8-10-2-1-3-18-7-10/h1-7,9H,8H2,(H,20,21,23). The van der Waals surface area contributed by atoms with Gasteiger partial charge < -0.3 is 0 Å². The predicted octanol–water partition coefficient (Wildman–Crippen LogP) is 2.25. The highest BCUT2D eigenvalue weighted by molar-refractivity contribution is 6.03. The van der Waals surface area contributed by atoms with Crippen molar-refractivity contribution in [3.63, 3.8) is 0 Å². The van der Waals surface area contributed by atoms with Gasteiger partial charge in [-0.15, -0.1) is 5.10 Å². The Morgan fingerprint density at radius 3 is 2.70 bits per heavy atom. The minimum atomic E-state index is -0.829. The van der Waals surface area contributed by atoms with Crippen LogP contribution in [0.5, 0.6) is 0 Å². The summed E-state index contributed by atoms with van der Waals surface area (Å²) in [6, 6.07) is 6.24. The summed E-state index contributed by atoms with van der Waals surface area (Å²) in [5.41, 5.74) is 0.772. The quantitative estimate of drug-likeness (QED) is 0.801. The van der Waals surface area contributed by atoms with Gasteiger partial charge >= 0.3 is 0 Å². The molecule has 0 bridgehead atoms. The maximum atomic E-state index is 13.1. The number of aromatic nitrogens is 4. The number of nitrogens with one attached hydrogen (secondary N) is 1. The van der Waals surface area contributed by atoms with E-state index >= 15 is 0 Å². The van der Waals surface area contributed by atoms with E-state index in [0.29, 0.717) is 12.6 Å². The second-order valence-corrected chi connectivity index (χ2v) is 4.74. The van der Waals surface area contributed by atoms with Gasteiger partial charge in [-0.2, -0.15) is 0 Å². The van der Waals surface area contributed by atoms with Gasteiger partial charge in [0.1, 0.15) is 18.0 Å². The largest absolute Gasteiger partial charge is 0.289 e. The summed E-state index contributed by atoms with van der Waals surface area (Å²) >= 11 is 0. The monoisotopic (exact) mass is 315 g/mol. The molecule has 3 rings (SSSR count). The summed E-state index contributed by atoms with van der Waals surface area (Å²) in [4.78, 5) is 19.9. The zero-order chi connectivity index (χ0) is 16.2. The third-order valence-electron chi connectivity index (χ3n) is 2.95. The lowest BCUT2D eigenvalue weighted by molar-refractivity contribution is 0.102. The van der Waals surface area contributed by atoms with E-state index in [0.717, 1.165) is 17.7 Å². The molecule has 116 valence electrons. The van der Waals surface area contributed by atoms with Crippen LogP contribution in [0.25, 0.3) is 0 Å². The van der Waals surface area contributed by atoms with Gasteiger partial charge in [-0.25, -0.2) is 18.4 Å². The predicted molar refractivity (Wildman–Crippen MR) is 77.7 cm³/mol. The fourth-order valence-corrected chi connectivity index (χ4v) is 1.97. The molecule has 0 aliphatic heterocycles. The number of nitrogens with zero attached hydrogens (tertiary/aromatic N) is 4. The van der Waals surface area contributed by atoms with E-state index < -0.39 is 17.5 Å². The van der Waals surface area contributed by atoms with Crippen molar-refractivity contribution in [1.82, 2.24) is 19.7 Å². The zero-order valence-corrected chi connectivity index (χ0v) is 11.8. The Morgan fingerprint density at radius 1 is 1.22 bits per heavy atom. The lowest BCUT2D eigenvalue weighted by Gasteiger charge is -2.02. The molecule has 8 heteroatoms. The highest BCUT2D eigenvalue weighted by Crippen LogP contribution is 2.10. The molecule has 0 spiro atoms. The van der Waals surface area contributed by atoms with E-state index in [-0.39, 0.29) is 11.5 Å². The molecule has 1 amide bonds. The Hall–Kier alpha value is -3.16. The van der Waals surface area contributed by atoms with Gasteiger partial charge in [0.05, 0.1) is 6.54 Å². The molecule has 6 nitrogen and oxygen atoms in total. The van der Waals surface area contributed by atoms with Crippen LogP contribution in [0.4, 0.5) is 14.7 Å². The average molecular weight is 315 g/mol. The molecule has 0 aliphatic carbocycles. The average Bonchev–Trinajstić information content (AvgIpc) is 2.94. The lowest BCUT2D eigenvalue weighted by Crippen LogP contribution is -2.14. The molecule has 0 fully saturated rings. The van der Waals surface area contributed by atoms with Crippen molar-refractivity contribution in [3.05, 3.63) is 71.8 Å². The summed E-state index contributed by atoms with van der Waals surface area (Å²) < 4.78 is 27.7. The number of hydrogen-bond donors (Lipinski definition) is 1. The van der Waals surface area contributed by atoms with Crippen LogP contribution >= 0.6 is 0 Å². The molecular formula is C15H11F2N5O. The number of pyridine rings is 1. The van der Waals surface area contributed by atoms with Crippen LogP contribution in [0.2, 0.25) is 0 Å². The number of amides is 1. The van der Waals surface area contributed by atoms with Gasteiger partial charge in [0, 0.05) is 24.0 Å². The Bertz CT molecular complexity index is 815. The van der Waals surface area contributed by atoms with E-state index in [1.54, 1.807) is 18.5 Å². The van der Waals surface area contributed by atoms with E-state index in [4.69, 9.17) is 0 Å². The molecule has 3 aromatic rings. The first-order chi connectivity index (χ1) is 11.1. The van der Waals surface area contributed by atoms with E-state index in [1.807, 2.05) is 6.07 Å². The molecule has 2 heterocycles.